The van der Waals surface area contributed by atoms with Gasteiger partial charge in [0.05, 0.1) is 26.4 Å². The molecule has 0 atom stereocenters. The summed E-state index contributed by atoms with van der Waals surface area (Å²) in [4.78, 5) is 35.6. The first-order chi connectivity index (χ1) is 10.9. The minimum Gasteiger partial charge on any atom is -0.480 e. The van der Waals surface area contributed by atoms with Crippen LogP contribution in [0.5, 0.6) is 0 Å². The molecule has 0 aromatic carbocycles. The molecule has 0 saturated heterocycles. The summed E-state index contributed by atoms with van der Waals surface area (Å²) in [5.74, 6) is -3.70. The van der Waals surface area contributed by atoms with Crippen LogP contribution in [0.25, 0.3) is 0 Å². The van der Waals surface area contributed by atoms with E-state index in [4.69, 9.17) is 18.9 Å². The van der Waals surface area contributed by atoms with Crippen LogP contribution in [-0.4, -0.2) is 49.4 Å². The van der Waals surface area contributed by atoms with Crippen LogP contribution in [0.3, 0.4) is 0 Å². The van der Waals surface area contributed by atoms with Crippen LogP contribution in [0.4, 0.5) is 0 Å². The van der Waals surface area contributed by atoms with Gasteiger partial charge in [-0.25, -0.2) is 14.4 Å². The summed E-state index contributed by atoms with van der Waals surface area (Å²) in [5, 5.41) is 9.79. The van der Waals surface area contributed by atoms with Crippen molar-refractivity contribution in [2.24, 2.45) is 0 Å². The van der Waals surface area contributed by atoms with Crippen molar-refractivity contribution in [1.82, 2.24) is 0 Å². The molecule has 0 radical (unpaired) electrons. The molecule has 0 aliphatic carbocycles. The van der Waals surface area contributed by atoms with Crippen molar-refractivity contribution in [3.8, 4) is 0 Å². The molecule has 8 nitrogen and oxygen atoms in total. The molecule has 0 bridgehead atoms. The molecule has 0 rings (SSSR count). The highest BCUT2D eigenvalue weighted by molar-refractivity contribution is 6.15. The van der Waals surface area contributed by atoms with Crippen molar-refractivity contribution in [2.45, 2.75) is 27.7 Å². The fourth-order valence-electron chi connectivity index (χ4n) is 1.39. The topological polar surface area (TPSA) is 108 Å². The van der Waals surface area contributed by atoms with E-state index in [-0.39, 0.29) is 26.4 Å². The van der Waals surface area contributed by atoms with Gasteiger partial charge in [0.1, 0.15) is 11.1 Å². The highest BCUT2D eigenvalue weighted by Crippen LogP contribution is 2.13. The molecule has 0 spiro atoms. The lowest BCUT2D eigenvalue weighted by atomic mass is 10.1. The minimum absolute atomic E-state index is 0.0193. The second kappa shape index (κ2) is 11.1. The molecule has 8 heteroatoms. The van der Waals surface area contributed by atoms with Gasteiger partial charge in [-0.1, -0.05) is 0 Å². The van der Waals surface area contributed by atoms with E-state index in [0.717, 1.165) is 6.08 Å². The van der Waals surface area contributed by atoms with Gasteiger partial charge >= 0.3 is 17.9 Å². The van der Waals surface area contributed by atoms with Gasteiger partial charge in [0.15, 0.2) is 0 Å². The monoisotopic (exact) mass is 330 g/mol. The molecule has 0 saturated carbocycles. The number of carbonyl (C=O) groups is 3. The Labute approximate surface area is 134 Å². The van der Waals surface area contributed by atoms with Crippen LogP contribution in [0.1, 0.15) is 27.7 Å². The summed E-state index contributed by atoms with van der Waals surface area (Å²) < 4.78 is 19.1. The number of hydrogen-bond acceptors (Lipinski definition) is 8. The molecule has 0 aliphatic heterocycles. The lowest BCUT2D eigenvalue weighted by Gasteiger charge is -2.10. The first kappa shape index (κ1) is 20.5. The number of aliphatic hydroxyl groups excluding tert-OH is 1. The van der Waals surface area contributed by atoms with Gasteiger partial charge in [0.2, 0.25) is 0 Å². The third-order valence-electron chi connectivity index (χ3n) is 2.29. The molecule has 0 aromatic heterocycles. The van der Waals surface area contributed by atoms with Crippen LogP contribution in [0.2, 0.25) is 0 Å². The molecular formula is C15H22O8. The zero-order valence-electron chi connectivity index (χ0n) is 13.7. The lowest BCUT2D eigenvalue weighted by Crippen LogP contribution is -2.20. The second-order valence-corrected chi connectivity index (χ2v) is 3.87. The van der Waals surface area contributed by atoms with Crippen molar-refractivity contribution in [1.29, 1.82) is 0 Å². The highest BCUT2D eigenvalue weighted by Gasteiger charge is 2.26. The van der Waals surface area contributed by atoms with E-state index in [1.807, 2.05) is 0 Å². The Morgan fingerprint density at radius 3 is 1.52 bits per heavy atom. The summed E-state index contributed by atoms with van der Waals surface area (Å²) in [5.41, 5.74) is -1.03. The predicted molar refractivity (Wildman–Crippen MR) is 79.3 cm³/mol. The van der Waals surface area contributed by atoms with E-state index in [2.05, 4.69) is 0 Å². The van der Waals surface area contributed by atoms with Crippen LogP contribution in [-0.2, 0) is 33.3 Å². The Kier molecular flexibility index (Phi) is 9.90. The van der Waals surface area contributed by atoms with E-state index in [1.54, 1.807) is 27.7 Å². The van der Waals surface area contributed by atoms with Crippen LogP contribution >= 0.6 is 0 Å². The van der Waals surface area contributed by atoms with Crippen molar-refractivity contribution >= 4 is 17.9 Å². The smallest absolute Gasteiger partial charge is 0.345 e. The molecule has 0 fully saturated rings. The quantitative estimate of drug-likeness (QED) is 0.129. The Morgan fingerprint density at radius 2 is 1.13 bits per heavy atom. The van der Waals surface area contributed by atoms with Gasteiger partial charge in [0.25, 0.3) is 5.95 Å². The van der Waals surface area contributed by atoms with E-state index >= 15 is 0 Å². The van der Waals surface area contributed by atoms with Crippen LogP contribution in [0.15, 0.2) is 23.2 Å². The largest absolute Gasteiger partial charge is 0.480 e. The van der Waals surface area contributed by atoms with E-state index in [9.17, 15) is 19.5 Å². The molecule has 0 amide bonds. The summed E-state index contributed by atoms with van der Waals surface area (Å²) >= 11 is 0. The van der Waals surface area contributed by atoms with Crippen molar-refractivity contribution in [3.05, 3.63) is 23.2 Å². The number of esters is 3. The van der Waals surface area contributed by atoms with Gasteiger partial charge in [-0.3, -0.25) is 0 Å². The van der Waals surface area contributed by atoms with Gasteiger partial charge in [-0.2, -0.15) is 0 Å². The van der Waals surface area contributed by atoms with Gasteiger partial charge in [-0.15, -0.1) is 0 Å². The minimum atomic E-state index is -0.989. The maximum absolute atomic E-state index is 11.9. The standard InChI is InChI=1S/C15H22O8/c1-5-20-12(16)10(13(17)21-6-2)9-11(14(18)22-7-3)15(19)23-8-4/h9,16H,5-8H2,1-4H3/b12-10-. The fraction of sp³-hybridized carbons (Fsp3) is 0.533. The lowest BCUT2D eigenvalue weighted by molar-refractivity contribution is -0.146. The van der Waals surface area contributed by atoms with Crippen LogP contribution < -0.4 is 0 Å². The Morgan fingerprint density at radius 1 is 0.739 bits per heavy atom. The zero-order valence-corrected chi connectivity index (χ0v) is 13.7. The van der Waals surface area contributed by atoms with E-state index < -0.39 is 35.0 Å². The normalized spacial score (nSPS) is 11.0. The third-order valence-corrected chi connectivity index (χ3v) is 2.29. The molecule has 0 aromatic rings. The zero-order chi connectivity index (χ0) is 17.8. The summed E-state index contributed by atoms with van der Waals surface area (Å²) in [6, 6.07) is 0. The first-order valence-electron chi connectivity index (χ1n) is 7.21. The number of rotatable bonds is 9. The molecule has 0 aliphatic rings. The predicted octanol–water partition coefficient (Wildman–Crippen LogP) is 1.41. The average Bonchev–Trinajstić information content (AvgIpc) is 2.48. The number of ether oxygens (including phenoxy) is 4. The van der Waals surface area contributed by atoms with Crippen LogP contribution in [0, 0.1) is 0 Å². The molecule has 1 N–H and O–H groups in total. The summed E-state index contributed by atoms with van der Waals surface area (Å²) in [6.07, 6.45) is 0.832. The molecule has 0 heterocycles. The van der Waals surface area contributed by atoms with Gasteiger partial charge < -0.3 is 24.1 Å². The fourth-order valence-corrected chi connectivity index (χ4v) is 1.39. The SMILES string of the molecule is CCOC(=O)C(=C/C(C(=O)OCC)=C(\O)OCC)C(=O)OCC. The van der Waals surface area contributed by atoms with E-state index in [1.165, 1.54) is 0 Å². The molecular weight excluding hydrogens is 308 g/mol. The molecule has 0 unspecified atom stereocenters. The second-order valence-electron chi connectivity index (χ2n) is 3.87. The third kappa shape index (κ3) is 6.86. The molecule has 130 valence electrons. The van der Waals surface area contributed by atoms with Crippen molar-refractivity contribution in [3.63, 3.8) is 0 Å². The highest BCUT2D eigenvalue weighted by atomic mass is 16.6. The van der Waals surface area contributed by atoms with Crippen molar-refractivity contribution in [2.75, 3.05) is 26.4 Å². The van der Waals surface area contributed by atoms with Gasteiger partial charge in [-0.05, 0) is 33.8 Å². The number of aliphatic hydroxyl groups is 1. The summed E-state index contributed by atoms with van der Waals surface area (Å²) in [7, 11) is 0. The van der Waals surface area contributed by atoms with Crippen molar-refractivity contribution < 1.29 is 38.4 Å². The Hall–Kier alpha value is -2.51. The maximum Gasteiger partial charge on any atom is 0.345 e. The summed E-state index contributed by atoms with van der Waals surface area (Å²) in [6.45, 7) is 6.40. The Bertz CT molecular complexity index is 470. The number of carbonyl (C=O) groups excluding carboxylic acids is 3. The average molecular weight is 330 g/mol. The molecule has 23 heavy (non-hydrogen) atoms. The first-order valence-corrected chi connectivity index (χ1v) is 7.21. The maximum atomic E-state index is 11.9. The van der Waals surface area contributed by atoms with E-state index in [0.29, 0.717) is 0 Å². The Balaban J connectivity index is 5.89. The van der Waals surface area contributed by atoms with Gasteiger partial charge in [0, 0.05) is 0 Å². The number of hydrogen-bond donors (Lipinski definition) is 1.